The van der Waals surface area contributed by atoms with Crippen LogP contribution in [0.4, 0.5) is 10.1 Å². The Hall–Kier alpha value is -1.29. The van der Waals surface area contributed by atoms with Gasteiger partial charge in [-0.15, -0.1) is 0 Å². The maximum absolute atomic E-state index is 13.2. The van der Waals surface area contributed by atoms with Crippen LogP contribution in [0, 0.1) is 5.82 Å². The van der Waals surface area contributed by atoms with Crippen LogP contribution >= 0.6 is 0 Å². The molecule has 0 saturated heterocycles. The third kappa shape index (κ3) is 3.70. The summed E-state index contributed by atoms with van der Waals surface area (Å²) in [5.74, 6) is 0.198. The fraction of sp³-hybridized carbons (Fsp3) is 0.500. The Labute approximate surface area is 95.6 Å². The highest BCUT2D eigenvalue weighted by Crippen LogP contribution is 2.20. The van der Waals surface area contributed by atoms with Crippen molar-refractivity contribution in [3.05, 3.63) is 24.0 Å². The number of anilines is 1. The maximum Gasteiger partial charge on any atom is 0.128 e. The van der Waals surface area contributed by atoms with Crippen molar-refractivity contribution in [3.63, 3.8) is 0 Å². The summed E-state index contributed by atoms with van der Waals surface area (Å²) in [6.45, 7) is 2.64. The van der Waals surface area contributed by atoms with Crippen molar-refractivity contribution in [1.82, 2.24) is 0 Å². The molecule has 1 atom stereocenters. The number of ether oxygens (including phenoxy) is 2. The standard InChI is InChI=1S/C12H18FNO2/c1-4-10(8-15-2)14-11-5-9(13)6-12(7-11)16-3/h5-7,10,14H,4,8H2,1-3H3. The summed E-state index contributed by atoms with van der Waals surface area (Å²) in [7, 11) is 3.17. The number of hydrogen-bond acceptors (Lipinski definition) is 3. The van der Waals surface area contributed by atoms with Crippen LogP contribution in [0.1, 0.15) is 13.3 Å². The second-order valence-corrected chi connectivity index (χ2v) is 3.58. The summed E-state index contributed by atoms with van der Waals surface area (Å²) in [6.07, 6.45) is 0.909. The lowest BCUT2D eigenvalue weighted by Gasteiger charge is -2.17. The van der Waals surface area contributed by atoms with Crippen molar-refractivity contribution in [2.24, 2.45) is 0 Å². The Kier molecular flexibility index (Phi) is 5.05. The molecule has 3 nitrogen and oxygen atoms in total. The first-order valence-electron chi connectivity index (χ1n) is 5.29. The minimum atomic E-state index is -0.311. The fourth-order valence-corrected chi connectivity index (χ4v) is 1.46. The monoisotopic (exact) mass is 227 g/mol. The molecular weight excluding hydrogens is 209 g/mol. The normalized spacial score (nSPS) is 12.2. The van der Waals surface area contributed by atoms with Gasteiger partial charge in [0.1, 0.15) is 11.6 Å². The molecule has 1 N–H and O–H groups in total. The number of nitrogens with one attached hydrogen (secondary N) is 1. The van der Waals surface area contributed by atoms with Gasteiger partial charge in [-0.3, -0.25) is 0 Å². The first kappa shape index (κ1) is 12.8. The van der Waals surface area contributed by atoms with Crippen molar-refractivity contribution in [2.75, 3.05) is 26.1 Å². The Bertz CT molecular complexity index is 331. The van der Waals surface area contributed by atoms with Crippen LogP contribution in [-0.4, -0.2) is 26.9 Å². The average Bonchev–Trinajstić information content (AvgIpc) is 2.27. The molecular formula is C12H18FNO2. The lowest BCUT2D eigenvalue weighted by molar-refractivity contribution is 0.184. The molecule has 0 amide bonds. The molecule has 0 bridgehead atoms. The zero-order valence-corrected chi connectivity index (χ0v) is 9.92. The molecule has 90 valence electrons. The first-order chi connectivity index (χ1) is 7.69. The van der Waals surface area contributed by atoms with Crippen molar-refractivity contribution in [3.8, 4) is 5.75 Å². The molecule has 0 aliphatic heterocycles. The van der Waals surface area contributed by atoms with Crippen molar-refractivity contribution in [1.29, 1.82) is 0 Å². The van der Waals surface area contributed by atoms with Crippen LogP contribution < -0.4 is 10.1 Å². The van der Waals surface area contributed by atoms with Crippen molar-refractivity contribution < 1.29 is 13.9 Å². The molecule has 0 fully saturated rings. The van der Waals surface area contributed by atoms with Gasteiger partial charge in [-0.1, -0.05) is 6.92 Å². The van der Waals surface area contributed by atoms with Gasteiger partial charge in [0, 0.05) is 31.0 Å². The topological polar surface area (TPSA) is 30.5 Å². The minimum absolute atomic E-state index is 0.177. The van der Waals surface area contributed by atoms with E-state index < -0.39 is 0 Å². The van der Waals surface area contributed by atoms with E-state index in [9.17, 15) is 4.39 Å². The predicted octanol–water partition coefficient (Wildman–Crippen LogP) is 2.67. The fourth-order valence-electron chi connectivity index (χ4n) is 1.46. The van der Waals surface area contributed by atoms with Gasteiger partial charge in [-0.2, -0.15) is 0 Å². The Morgan fingerprint density at radius 1 is 1.31 bits per heavy atom. The molecule has 0 aliphatic rings. The zero-order valence-electron chi connectivity index (χ0n) is 9.92. The van der Waals surface area contributed by atoms with Gasteiger partial charge < -0.3 is 14.8 Å². The Balaban J connectivity index is 2.74. The van der Waals surface area contributed by atoms with Crippen LogP contribution in [0.25, 0.3) is 0 Å². The maximum atomic E-state index is 13.2. The summed E-state index contributed by atoms with van der Waals surface area (Å²) in [5.41, 5.74) is 0.709. The minimum Gasteiger partial charge on any atom is -0.497 e. The molecule has 0 radical (unpaired) electrons. The predicted molar refractivity (Wildman–Crippen MR) is 62.5 cm³/mol. The third-order valence-corrected chi connectivity index (χ3v) is 2.34. The number of benzene rings is 1. The second-order valence-electron chi connectivity index (χ2n) is 3.58. The highest BCUT2D eigenvalue weighted by molar-refractivity contribution is 5.49. The second kappa shape index (κ2) is 6.33. The summed E-state index contributed by atoms with van der Waals surface area (Å²) in [5, 5.41) is 3.20. The SMILES string of the molecule is CCC(COC)Nc1cc(F)cc(OC)c1. The molecule has 16 heavy (non-hydrogen) atoms. The molecule has 0 aliphatic carbocycles. The summed E-state index contributed by atoms with van der Waals surface area (Å²) in [4.78, 5) is 0. The van der Waals surface area contributed by atoms with E-state index in [4.69, 9.17) is 9.47 Å². The quantitative estimate of drug-likeness (QED) is 0.810. The lowest BCUT2D eigenvalue weighted by atomic mass is 10.2. The van der Waals surface area contributed by atoms with Crippen molar-refractivity contribution in [2.45, 2.75) is 19.4 Å². The smallest absolute Gasteiger partial charge is 0.128 e. The lowest BCUT2D eigenvalue weighted by Crippen LogP contribution is -2.23. The van der Waals surface area contributed by atoms with E-state index in [1.54, 1.807) is 13.2 Å². The molecule has 1 unspecified atom stereocenters. The summed E-state index contributed by atoms with van der Waals surface area (Å²) >= 11 is 0. The number of hydrogen-bond donors (Lipinski definition) is 1. The van der Waals surface area contributed by atoms with Crippen LogP contribution in [0.5, 0.6) is 5.75 Å². The number of rotatable bonds is 6. The van der Waals surface area contributed by atoms with Gasteiger partial charge in [0.2, 0.25) is 0 Å². The van der Waals surface area contributed by atoms with E-state index in [0.717, 1.165) is 6.42 Å². The molecule has 1 rings (SSSR count). The van der Waals surface area contributed by atoms with E-state index >= 15 is 0 Å². The van der Waals surface area contributed by atoms with Crippen LogP contribution in [0.3, 0.4) is 0 Å². The van der Waals surface area contributed by atoms with Gasteiger partial charge in [0.05, 0.1) is 13.7 Å². The van der Waals surface area contributed by atoms with Crippen LogP contribution in [-0.2, 0) is 4.74 Å². The molecule has 0 saturated carbocycles. The van der Waals surface area contributed by atoms with Gasteiger partial charge in [-0.25, -0.2) is 4.39 Å². The highest BCUT2D eigenvalue weighted by Gasteiger charge is 2.07. The van der Waals surface area contributed by atoms with Gasteiger partial charge >= 0.3 is 0 Å². The molecule has 0 aromatic heterocycles. The number of methoxy groups -OCH3 is 2. The number of halogens is 1. The highest BCUT2D eigenvalue weighted by atomic mass is 19.1. The van der Waals surface area contributed by atoms with E-state index in [-0.39, 0.29) is 11.9 Å². The zero-order chi connectivity index (χ0) is 12.0. The average molecular weight is 227 g/mol. The molecule has 1 aromatic carbocycles. The molecule has 0 spiro atoms. The van der Waals surface area contributed by atoms with Crippen LogP contribution in [0.2, 0.25) is 0 Å². The Morgan fingerprint density at radius 2 is 2.06 bits per heavy atom. The third-order valence-electron chi connectivity index (χ3n) is 2.34. The first-order valence-corrected chi connectivity index (χ1v) is 5.29. The van der Waals surface area contributed by atoms with Gasteiger partial charge in [0.25, 0.3) is 0 Å². The van der Waals surface area contributed by atoms with Gasteiger partial charge in [-0.05, 0) is 12.5 Å². The van der Waals surface area contributed by atoms with E-state index in [0.29, 0.717) is 18.0 Å². The van der Waals surface area contributed by atoms with E-state index in [1.165, 1.54) is 19.2 Å². The Morgan fingerprint density at radius 3 is 2.62 bits per heavy atom. The van der Waals surface area contributed by atoms with Crippen LogP contribution in [0.15, 0.2) is 18.2 Å². The molecule has 0 heterocycles. The van der Waals surface area contributed by atoms with Gasteiger partial charge in [0.15, 0.2) is 0 Å². The van der Waals surface area contributed by atoms with E-state index in [1.807, 2.05) is 6.92 Å². The van der Waals surface area contributed by atoms with Crippen molar-refractivity contribution >= 4 is 5.69 Å². The largest absolute Gasteiger partial charge is 0.497 e. The summed E-state index contributed by atoms with van der Waals surface area (Å²) in [6, 6.07) is 4.74. The summed E-state index contributed by atoms with van der Waals surface area (Å²) < 4.78 is 23.3. The van der Waals surface area contributed by atoms with E-state index in [2.05, 4.69) is 5.32 Å². The molecule has 1 aromatic rings. The molecule has 4 heteroatoms.